The molecular formula is C21H15N3O3S. The summed E-state index contributed by atoms with van der Waals surface area (Å²) >= 11 is 0. The molecule has 0 fully saturated rings. The number of aromatic nitrogens is 1. The van der Waals surface area contributed by atoms with E-state index in [1.807, 2.05) is 24.3 Å². The molecule has 0 saturated carbocycles. The first-order valence-electron chi connectivity index (χ1n) is 8.70. The van der Waals surface area contributed by atoms with Gasteiger partial charge in [-0.15, -0.1) is 0 Å². The van der Waals surface area contributed by atoms with Gasteiger partial charge in [-0.3, -0.25) is 14.5 Å². The molecule has 1 aromatic heterocycles. The zero-order valence-electron chi connectivity index (χ0n) is 14.9. The molecular weight excluding hydrogens is 374 g/mol. The van der Waals surface area contributed by atoms with Crippen molar-refractivity contribution in [1.29, 1.82) is 0 Å². The van der Waals surface area contributed by atoms with Crippen LogP contribution in [0.2, 0.25) is 0 Å². The Kier molecular flexibility index (Phi) is 3.44. The Labute approximate surface area is 161 Å². The van der Waals surface area contributed by atoms with E-state index in [0.29, 0.717) is 33.4 Å². The number of carbonyl (C=O) groups excluding carboxylic acids is 1. The number of pyridine rings is 1. The average Bonchev–Trinajstić information content (AvgIpc) is 3.00. The molecule has 0 unspecified atom stereocenters. The van der Waals surface area contributed by atoms with Crippen molar-refractivity contribution in [2.45, 2.75) is 11.8 Å². The lowest BCUT2D eigenvalue weighted by molar-refractivity contribution is 0.103. The van der Waals surface area contributed by atoms with Gasteiger partial charge in [0.1, 0.15) is 0 Å². The van der Waals surface area contributed by atoms with E-state index < -0.39 is 10.0 Å². The third kappa shape index (κ3) is 2.44. The number of anilines is 2. The highest BCUT2D eigenvalue weighted by Gasteiger charge is 2.26. The largest absolute Gasteiger partial charge is 0.321 e. The number of aryl methyl sites for hydroxylation is 1. The second-order valence-electron chi connectivity index (χ2n) is 6.71. The van der Waals surface area contributed by atoms with Crippen molar-refractivity contribution in [3.05, 3.63) is 71.9 Å². The Morgan fingerprint density at radius 3 is 2.68 bits per heavy atom. The fourth-order valence-corrected chi connectivity index (χ4v) is 4.93. The van der Waals surface area contributed by atoms with Crippen molar-refractivity contribution >= 4 is 49.0 Å². The molecule has 0 atom stereocenters. The first kappa shape index (κ1) is 16.7. The van der Waals surface area contributed by atoms with Gasteiger partial charge >= 0.3 is 0 Å². The molecule has 0 aliphatic carbocycles. The smallest absolute Gasteiger partial charge is 0.262 e. The minimum Gasteiger partial charge on any atom is -0.321 e. The summed E-state index contributed by atoms with van der Waals surface area (Å²) in [6.07, 6.45) is 0. The molecule has 3 aromatic carbocycles. The number of rotatable bonds is 3. The second kappa shape index (κ2) is 5.77. The number of hydrogen-bond donors (Lipinski definition) is 2. The van der Waals surface area contributed by atoms with Crippen molar-refractivity contribution < 1.29 is 13.2 Å². The Hall–Kier alpha value is -3.45. The highest BCUT2D eigenvalue weighted by Crippen LogP contribution is 2.37. The Morgan fingerprint density at radius 1 is 1.00 bits per heavy atom. The first-order valence-corrected chi connectivity index (χ1v) is 10.2. The third-order valence-electron chi connectivity index (χ3n) is 4.94. The third-order valence-corrected chi connectivity index (χ3v) is 6.37. The number of nitrogens with one attached hydrogen (secondary N) is 2. The van der Waals surface area contributed by atoms with E-state index >= 15 is 0 Å². The van der Waals surface area contributed by atoms with Gasteiger partial charge < -0.3 is 5.32 Å². The Balaban J connectivity index is 1.66. The van der Waals surface area contributed by atoms with Gasteiger partial charge in [-0.25, -0.2) is 8.42 Å². The summed E-state index contributed by atoms with van der Waals surface area (Å²) in [5.41, 5.74) is 2.92. The summed E-state index contributed by atoms with van der Waals surface area (Å²) in [6, 6.07) is 17.5. The minimum atomic E-state index is -3.88. The van der Waals surface area contributed by atoms with Crippen LogP contribution in [0.5, 0.6) is 0 Å². The molecule has 0 spiro atoms. The molecule has 2 heterocycles. The zero-order chi connectivity index (χ0) is 19.5. The van der Waals surface area contributed by atoms with Crippen molar-refractivity contribution in [2.75, 3.05) is 10.0 Å². The number of sulfonamides is 1. The van der Waals surface area contributed by atoms with Crippen molar-refractivity contribution in [3.8, 4) is 0 Å². The number of para-hydroxylation sites is 1. The standard InChI is InChI=1S/C21H15N3O3S/c1-12-18(11-13-5-2-3-8-16(13)22-12)24-28(26,27)19-10-9-17-20-14(19)6-4-7-15(20)21(25)23-17/h2-11,24H,1H3,(H,23,25). The van der Waals surface area contributed by atoms with Crippen LogP contribution in [-0.2, 0) is 10.0 Å². The molecule has 1 aliphatic rings. The van der Waals surface area contributed by atoms with Crippen LogP contribution in [-0.4, -0.2) is 19.3 Å². The topological polar surface area (TPSA) is 88.2 Å². The van der Waals surface area contributed by atoms with Crippen LogP contribution >= 0.6 is 0 Å². The van der Waals surface area contributed by atoms with E-state index in [4.69, 9.17) is 0 Å². The molecule has 138 valence electrons. The lowest BCUT2D eigenvalue weighted by Crippen LogP contribution is -2.14. The number of benzene rings is 3. The molecule has 1 amide bonds. The predicted octanol–water partition coefficient (Wildman–Crippen LogP) is 4.06. The summed E-state index contributed by atoms with van der Waals surface area (Å²) in [6.45, 7) is 1.76. The first-order chi connectivity index (χ1) is 13.4. The van der Waals surface area contributed by atoms with Gasteiger partial charge in [-0.1, -0.05) is 30.3 Å². The van der Waals surface area contributed by atoms with E-state index in [-0.39, 0.29) is 10.8 Å². The van der Waals surface area contributed by atoms with Crippen LogP contribution in [0, 0.1) is 6.92 Å². The summed E-state index contributed by atoms with van der Waals surface area (Å²) in [7, 11) is -3.88. The van der Waals surface area contributed by atoms with Gasteiger partial charge in [-0.2, -0.15) is 0 Å². The highest BCUT2D eigenvalue weighted by atomic mass is 32.2. The van der Waals surface area contributed by atoms with Gasteiger partial charge in [0.05, 0.1) is 21.8 Å². The van der Waals surface area contributed by atoms with Gasteiger partial charge in [-0.05, 0) is 37.3 Å². The van der Waals surface area contributed by atoms with E-state index in [2.05, 4.69) is 15.0 Å². The number of fused-ring (bicyclic) bond motifs is 1. The van der Waals surface area contributed by atoms with Gasteiger partial charge in [0.15, 0.2) is 0 Å². The van der Waals surface area contributed by atoms with E-state index in [1.165, 1.54) is 6.07 Å². The zero-order valence-corrected chi connectivity index (χ0v) is 15.7. The summed E-state index contributed by atoms with van der Waals surface area (Å²) in [5, 5.41) is 4.75. The molecule has 4 aromatic rings. The summed E-state index contributed by atoms with van der Waals surface area (Å²) in [5.74, 6) is -0.224. The average molecular weight is 389 g/mol. The molecule has 7 heteroatoms. The van der Waals surface area contributed by atoms with Gasteiger partial charge in [0.2, 0.25) is 0 Å². The maximum absolute atomic E-state index is 13.2. The Morgan fingerprint density at radius 2 is 1.82 bits per heavy atom. The van der Waals surface area contributed by atoms with Crippen molar-refractivity contribution in [3.63, 3.8) is 0 Å². The molecule has 1 aliphatic heterocycles. The fraction of sp³-hybridized carbons (Fsp3) is 0.0476. The number of carbonyl (C=O) groups is 1. The van der Waals surface area contributed by atoms with Crippen molar-refractivity contribution in [1.82, 2.24) is 4.98 Å². The summed E-state index contributed by atoms with van der Waals surface area (Å²) in [4.78, 5) is 16.7. The van der Waals surface area contributed by atoms with Gasteiger partial charge in [0, 0.05) is 27.4 Å². The van der Waals surface area contributed by atoms with E-state index in [9.17, 15) is 13.2 Å². The van der Waals surface area contributed by atoms with Crippen LogP contribution in [0.3, 0.4) is 0 Å². The van der Waals surface area contributed by atoms with E-state index in [1.54, 1.807) is 37.3 Å². The lowest BCUT2D eigenvalue weighted by atomic mass is 10.1. The van der Waals surface area contributed by atoms with Crippen LogP contribution in [0.15, 0.2) is 65.6 Å². The lowest BCUT2D eigenvalue weighted by Gasteiger charge is -2.13. The van der Waals surface area contributed by atoms with Crippen LogP contribution in [0.4, 0.5) is 11.4 Å². The molecule has 28 heavy (non-hydrogen) atoms. The molecule has 0 saturated heterocycles. The van der Waals surface area contributed by atoms with E-state index in [0.717, 1.165) is 10.9 Å². The Bertz CT molecular complexity index is 1410. The molecule has 0 bridgehead atoms. The number of amides is 1. The normalized spacial score (nSPS) is 13.1. The molecule has 0 radical (unpaired) electrons. The van der Waals surface area contributed by atoms with Crippen LogP contribution in [0.1, 0.15) is 16.1 Å². The SMILES string of the molecule is Cc1nc2ccccc2cc1NS(=O)(=O)c1ccc2c3c(cccc13)C(=O)N2. The van der Waals surface area contributed by atoms with Crippen LogP contribution < -0.4 is 10.0 Å². The maximum Gasteiger partial charge on any atom is 0.262 e. The van der Waals surface area contributed by atoms with Crippen molar-refractivity contribution in [2.24, 2.45) is 0 Å². The maximum atomic E-state index is 13.2. The fourth-order valence-electron chi connectivity index (χ4n) is 3.61. The monoisotopic (exact) mass is 389 g/mol. The number of hydrogen-bond acceptors (Lipinski definition) is 4. The minimum absolute atomic E-state index is 0.122. The predicted molar refractivity (Wildman–Crippen MR) is 109 cm³/mol. The number of nitrogens with zero attached hydrogens (tertiary/aromatic N) is 1. The van der Waals surface area contributed by atoms with Crippen LogP contribution in [0.25, 0.3) is 21.7 Å². The highest BCUT2D eigenvalue weighted by molar-refractivity contribution is 7.93. The quantitative estimate of drug-likeness (QED) is 0.553. The van der Waals surface area contributed by atoms with Gasteiger partial charge in [0.25, 0.3) is 15.9 Å². The molecule has 5 rings (SSSR count). The second-order valence-corrected chi connectivity index (χ2v) is 8.36. The molecule has 2 N–H and O–H groups in total. The molecule has 6 nitrogen and oxygen atoms in total. The summed E-state index contributed by atoms with van der Waals surface area (Å²) < 4.78 is 29.0.